The van der Waals surface area contributed by atoms with Gasteiger partial charge in [0.1, 0.15) is 6.61 Å². The Bertz CT molecular complexity index is 414. The Morgan fingerprint density at radius 3 is 2.07 bits per heavy atom. The second-order valence-electron chi connectivity index (χ2n) is 7.71. The van der Waals surface area contributed by atoms with E-state index in [0.29, 0.717) is 12.8 Å². The molecule has 0 aliphatic carbocycles. The first-order valence-electron chi connectivity index (χ1n) is 11.2. The maximum atomic E-state index is 12.5. The van der Waals surface area contributed by atoms with E-state index in [2.05, 4.69) is 13.8 Å². The number of aliphatic hydroxyl groups is 3. The van der Waals surface area contributed by atoms with E-state index in [1.807, 2.05) is 0 Å². The highest BCUT2D eigenvalue weighted by molar-refractivity contribution is 5.73. The number of aliphatic hydroxyl groups excluding tert-OH is 3. The largest absolute Gasteiger partial charge is 0.462 e. The summed E-state index contributed by atoms with van der Waals surface area (Å²) in [5.41, 5.74) is 0. The lowest BCUT2D eigenvalue weighted by molar-refractivity contribution is -0.166. The van der Waals surface area contributed by atoms with Gasteiger partial charge in [-0.1, -0.05) is 65.2 Å². The van der Waals surface area contributed by atoms with E-state index in [9.17, 15) is 19.8 Å². The Kier molecular flexibility index (Phi) is 18.1. The molecule has 3 N–H and O–H groups in total. The number of hydrogen-bond acceptors (Lipinski definition) is 7. The van der Waals surface area contributed by atoms with E-state index >= 15 is 0 Å². The molecule has 7 heteroatoms. The second-order valence-corrected chi connectivity index (χ2v) is 7.71. The molecule has 0 amide bonds. The van der Waals surface area contributed by atoms with Crippen LogP contribution >= 0.6 is 0 Å². The third-order valence-corrected chi connectivity index (χ3v) is 4.91. The Morgan fingerprint density at radius 1 is 0.862 bits per heavy atom. The van der Waals surface area contributed by atoms with E-state index in [-0.39, 0.29) is 19.0 Å². The summed E-state index contributed by atoms with van der Waals surface area (Å²) in [6.07, 6.45) is 8.15. The van der Waals surface area contributed by atoms with Crippen LogP contribution in [-0.2, 0) is 19.1 Å². The third-order valence-electron chi connectivity index (χ3n) is 4.91. The van der Waals surface area contributed by atoms with Crippen molar-refractivity contribution in [3.8, 4) is 0 Å². The molecule has 3 unspecified atom stereocenters. The fourth-order valence-corrected chi connectivity index (χ4v) is 3.07. The molecule has 0 fully saturated rings. The first kappa shape index (κ1) is 27.8. The monoisotopic (exact) mass is 418 g/mol. The number of ether oxygens (including phenoxy) is 2. The SMILES string of the molecule is CCCCCCCC(=O)OCC(CO)OC(=O)C(CCCCCC)CC(O)CO. The molecule has 7 nitrogen and oxygen atoms in total. The van der Waals surface area contributed by atoms with Gasteiger partial charge >= 0.3 is 11.9 Å². The van der Waals surface area contributed by atoms with E-state index in [1.165, 1.54) is 0 Å². The quantitative estimate of drug-likeness (QED) is 0.218. The predicted octanol–water partition coefficient (Wildman–Crippen LogP) is 3.12. The zero-order chi connectivity index (χ0) is 21.9. The van der Waals surface area contributed by atoms with E-state index in [1.54, 1.807) is 0 Å². The van der Waals surface area contributed by atoms with Gasteiger partial charge in [0.05, 0.1) is 25.2 Å². The summed E-state index contributed by atoms with van der Waals surface area (Å²) in [4.78, 5) is 24.3. The first-order chi connectivity index (χ1) is 14.0. The highest BCUT2D eigenvalue weighted by Gasteiger charge is 2.26. The van der Waals surface area contributed by atoms with Gasteiger partial charge in [-0.05, 0) is 19.3 Å². The maximum absolute atomic E-state index is 12.5. The van der Waals surface area contributed by atoms with Gasteiger partial charge in [0.25, 0.3) is 0 Å². The number of carbonyl (C=O) groups excluding carboxylic acids is 2. The Labute approximate surface area is 175 Å². The van der Waals surface area contributed by atoms with Crippen LogP contribution in [0.5, 0.6) is 0 Å². The molecule has 0 aromatic carbocycles. The van der Waals surface area contributed by atoms with Crippen molar-refractivity contribution < 1.29 is 34.4 Å². The molecule has 0 heterocycles. The van der Waals surface area contributed by atoms with E-state index in [4.69, 9.17) is 14.6 Å². The van der Waals surface area contributed by atoms with Gasteiger partial charge in [-0.3, -0.25) is 9.59 Å². The summed E-state index contributed by atoms with van der Waals surface area (Å²) >= 11 is 0. The average molecular weight is 419 g/mol. The standard InChI is InChI=1S/C22H42O7/c1-3-5-7-9-11-13-21(26)28-17-20(16-24)29-22(27)18(14-19(25)15-23)12-10-8-6-4-2/h18-20,23-25H,3-17H2,1-2H3. The molecule has 0 aromatic rings. The Hall–Kier alpha value is -1.18. The molecule has 172 valence electrons. The van der Waals surface area contributed by atoms with Crippen molar-refractivity contribution in [2.45, 2.75) is 103 Å². The molecule has 0 aliphatic heterocycles. The van der Waals surface area contributed by atoms with Crippen LogP contribution in [0.2, 0.25) is 0 Å². The van der Waals surface area contributed by atoms with Crippen LogP contribution in [0.1, 0.15) is 90.9 Å². The number of carbonyl (C=O) groups is 2. The lowest BCUT2D eigenvalue weighted by Gasteiger charge is -2.22. The van der Waals surface area contributed by atoms with Gasteiger partial charge < -0.3 is 24.8 Å². The van der Waals surface area contributed by atoms with Crippen molar-refractivity contribution in [1.29, 1.82) is 0 Å². The predicted molar refractivity (Wildman–Crippen MR) is 111 cm³/mol. The normalized spacial score (nSPS) is 14.2. The summed E-state index contributed by atoms with van der Waals surface area (Å²) < 4.78 is 10.4. The number of unbranched alkanes of at least 4 members (excludes halogenated alkanes) is 7. The van der Waals surface area contributed by atoms with Gasteiger partial charge in [0.2, 0.25) is 0 Å². The van der Waals surface area contributed by atoms with Crippen LogP contribution in [0.25, 0.3) is 0 Å². The fraction of sp³-hybridized carbons (Fsp3) is 0.909. The molecular weight excluding hydrogens is 376 g/mol. The van der Waals surface area contributed by atoms with Crippen LogP contribution in [0, 0.1) is 5.92 Å². The second kappa shape index (κ2) is 18.8. The molecule has 29 heavy (non-hydrogen) atoms. The molecule has 0 saturated carbocycles. The fourth-order valence-electron chi connectivity index (χ4n) is 3.07. The summed E-state index contributed by atoms with van der Waals surface area (Å²) in [5.74, 6) is -1.45. The topological polar surface area (TPSA) is 113 Å². The summed E-state index contributed by atoms with van der Waals surface area (Å²) in [6, 6.07) is 0. The van der Waals surface area contributed by atoms with Gasteiger partial charge in [0, 0.05) is 6.42 Å². The molecule has 0 bridgehead atoms. The first-order valence-corrected chi connectivity index (χ1v) is 11.2. The molecule has 0 radical (unpaired) electrons. The highest BCUT2D eigenvalue weighted by Crippen LogP contribution is 2.19. The summed E-state index contributed by atoms with van der Waals surface area (Å²) in [5, 5.41) is 28.2. The minimum Gasteiger partial charge on any atom is -0.462 e. The van der Waals surface area contributed by atoms with Gasteiger partial charge in [-0.25, -0.2) is 0 Å². The Morgan fingerprint density at radius 2 is 1.48 bits per heavy atom. The zero-order valence-corrected chi connectivity index (χ0v) is 18.3. The van der Waals surface area contributed by atoms with Crippen LogP contribution in [-0.4, -0.2) is 59.3 Å². The number of esters is 2. The molecule has 0 spiro atoms. The minimum absolute atomic E-state index is 0.108. The molecule has 0 aromatic heterocycles. The van der Waals surface area contributed by atoms with E-state index < -0.39 is 37.3 Å². The lowest BCUT2D eigenvalue weighted by atomic mass is 9.95. The molecular formula is C22H42O7. The van der Waals surface area contributed by atoms with Crippen molar-refractivity contribution in [3.05, 3.63) is 0 Å². The smallest absolute Gasteiger partial charge is 0.309 e. The van der Waals surface area contributed by atoms with E-state index in [0.717, 1.165) is 57.8 Å². The number of rotatable bonds is 19. The lowest BCUT2D eigenvalue weighted by Crippen LogP contribution is -2.33. The molecule has 0 aliphatic rings. The van der Waals surface area contributed by atoms with Crippen molar-refractivity contribution >= 4 is 11.9 Å². The van der Waals surface area contributed by atoms with Crippen LogP contribution in [0.4, 0.5) is 0 Å². The van der Waals surface area contributed by atoms with Crippen molar-refractivity contribution in [1.82, 2.24) is 0 Å². The summed E-state index contributed by atoms with van der Waals surface area (Å²) in [6.45, 7) is 3.18. The van der Waals surface area contributed by atoms with Crippen molar-refractivity contribution in [3.63, 3.8) is 0 Å². The molecule has 3 atom stereocenters. The Balaban J connectivity index is 4.39. The van der Waals surface area contributed by atoms with Crippen molar-refractivity contribution in [2.75, 3.05) is 19.8 Å². The van der Waals surface area contributed by atoms with Crippen LogP contribution in [0.15, 0.2) is 0 Å². The third kappa shape index (κ3) is 15.3. The maximum Gasteiger partial charge on any atom is 0.309 e. The number of hydrogen-bond donors (Lipinski definition) is 3. The molecule has 0 saturated heterocycles. The van der Waals surface area contributed by atoms with Crippen LogP contribution < -0.4 is 0 Å². The average Bonchev–Trinajstić information content (AvgIpc) is 2.72. The highest BCUT2D eigenvalue weighted by atomic mass is 16.6. The minimum atomic E-state index is -0.989. The van der Waals surface area contributed by atoms with Gasteiger partial charge in [0.15, 0.2) is 6.10 Å². The van der Waals surface area contributed by atoms with Gasteiger partial charge in [-0.15, -0.1) is 0 Å². The zero-order valence-electron chi connectivity index (χ0n) is 18.3. The molecule has 0 rings (SSSR count). The van der Waals surface area contributed by atoms with Crippen LogP contribution in [0.3, 0.4) is 0 Å². The van der Waals surface area contributed by atoms with Gasteiger partial charge in [-0.2, -0.15) is 0 Å². The summed E-state index contributed by atoms with van der Waals surface area (Å²) in [7, 11) is 0. The van der Waals surface area contributed by atoms with Crippen molar-refractivity contribution in [2.24, 2.45) is 5.92 Å².